The van der Waals surface area contributed by atoms with Crippen LogP contribution in [0.3, 0.4) is 0 Å². The second kappa shape index (κ2) is 7.56. The van der Waals surface area contributed by atoms with Gasteiger partial charge in [-0.2, -0.15) is 13.2 Å². The Hall–Kier alpha value is -1.61. The van der Waals surface area contributed by atoms with E-state index in [4.69, 9.17) is 9.47 Å². The molecule has 0 amide bonds. The van der Waals surface area contributed by atoms with Gasteiger partial charge in [-0.05, 0) is 25.2 Å². The van der Waals surface area contributed by atoms with Crippen LogP contribution in [0.25, 0.3) is 0 Å². The van der Waals surface area contributed by atoms with Gasteiger partial charge in [-0.3, -0.25) is 4.90 Å². The van der Waals surface area contributed by atoms with E-state index in [1.165, 1.54) is 12.1 Å². The second-order valence-electron chi connectivity index (χ2n) is 6.75. The number of fused-ring (bicyclic) bond motifs is 1. The molecule has 0 aromatic heterocycles. The standard InChI is InChI=1S/C18H22F3NO4/c1-22-9-16-14(8-17(24)26-16)15(22)6-5-12(23)10-25-13-4-2-3-11(7-13)18(19,20)21/h2-7,12,14-17,23-24H,8-10H2,1H3/b6-5+/t12?,14-,15-,16?,17?/m1/s1. The Morgan fingerprint density at radius 1 is 1.42 bits per heavy atom. The van der Waals surface area contributed by atoms with E-state index in [-0.39, 0.29) is 30.4 Å². The molecule has 5 atom stereocenters. The number of ether oxygens (including phenoxy) is 2. The highest BCUT2D eigenvalue weighted by Crippen LogP contribution is 2.36. The molecule has 2 fully saturated rings. The third-order valence-corrected chi connectivity index (χ3v) is 4.81. The first-order valence-electron chi connectivity index (χ1n) is 8.44. The summed E-state index contributed by atoms with van der Waals surface area (Å²) in [5.74, 6) is 0.209. The number of halogens is 3. The molecule has 2 aliphatic heterocycles. The molecule has 2 saturated heterocycles. The predicted octanol–water partition coefficient (Wildman–Crippen LogP) is 2.04. The number of nitrogens with zero attached hydrogens (tertiary/aromatic N) is 1. The van der Waals surface area contributed by atoms with Crippen molar-refractivity contribution in [2.24, 2.45) is 5.92 Å². The number of rotatable bonds is 5. The molecule has 5 nitrogen and oxygen atoms in total. The Kier molecular flexibility index (Phi) is 5.57. The third kappa shape index (κ3) is 4.37. The summed E-state index contributed by atoms with van der Waals surface area (Å²) in [7, 11) is 1.94. The average molecular weight is 373 g/mol. The van der Waals surface area contributed by atoms with Crippen molar-refractivity contribution in [2.75, 3.05) is 20.2 Å². The zero-order valence-corrected chi connectivity index (χ0v) is 14.3. The summed E-state index contributed by atoms with van der Waals surface area (Å²) in [6.45, 7) is 0.551. The molecular formula is C18H22F3NO4. The van der Waals surface area contributed by atoms with Gasteiger partial charge >= 0.3 is 6.18 Å². The van der Waals surface area contributed by atoms with Crippen molar-refractivity contribution in [3.8, 4) is 5.75 Å². The first kappa shape index (κ1) is 19.2. The van der Waals surface area contributed by atoms with E-state index >= 15 is 0 Å². The zero-order chi connectivity index (χ0) is 18.9. The minimum absolute atomic E-state index is 0.0249. The number of alkyl halides is 3. The van der Waals surface area contributed by atoms with Gasteiger partial charge in [0.15, 0.2) is 6.29 Å². The van der Waals surface area contributed by atoms with E-state index in [9.17, 15) is 23.4 Å². The number of benzene rings is 1. The van der Waals surface area contributed by atoms with Crippen LogP contribution in [0.2, 0.25) is 0 Å². The molecule has 2 aliphatic rings. The summed E-state index contributed by atoms with van der Waals surface area (Å²) in [4.78, 5) is 2.08. The Morgan fingerprint density at radius 3 is 2.92 bits per heavy atom. The maximum atomic E-state index is 12.7. The molecule has 0 bridgehead atoms. The minimum atomic E-state index is -4.44. The van der Waals surface area contributed by atoms with Gasteiger partial charge in [-0.15, -0.1) is 0 Å². The molecule has 0 spiro atoms. The Morgan fingerprint density at radius 2 is 2.19 bits per heavy atom. The van der Waals surface area contributed by atoms with E-state index in [2.05, 4.69) is 4.90 Å². The molecular weight excluding hydrogens is 351 g/mol. The van der Waals surface area contributed by atoms with Gasteiger partial charge in [-0.25, -0.2) is 0 Å². The fourth-order valence-corrected chi connectivity index (χ4v) is 3.54. The minimum Gasteiger partial charge on any atom is -0.491 e. The van der Waals surface area contributed by atoms with Crippen LogP contribution >= 0.6 is 0 Å². The van der Waals surface area contributed by atoms with Crippen LogP contribution in [-0.4, -0.2) is 59.9 Å². The van der Waals surface area contributed by atoms with Crippen LogP contribution in [0, 0.1) is 5.92 Å². The van der Waals surface area contributed by atoms with Gasteiger partial charge in [0.25, 0.3) is 0 Å². The van der Waals surface area contributed by atoms with Gasteiger partial charge in [0.2, 0.25) is 0 Å². The van der Waals surface area contributed by atoms with Gasteiger partial charge in [0.1, 0.15) is 18.5 Å². The highest BCUT2D eigenvalue weighted by molar-refractivity contribution is 5.30. The topological polar surface area (TPSA) is 62.2 Å². The zero-order valence-electron chi connectivity index (χ0n) is 14.3. The van der Waals surface area contributed by atoms with Crippen LogP contribution in [0.15, 0.2) is 36.4 Å². The maximum Gasteiger partial charge on any atom is 0.416 e. The molecule has 144 valence electrons. The fraction of sp³-hybridized carbons (Fsp3) is 0.556. The molecule has 0 radical (unpaired) electrons. The summed E-state index contributed by atoms with van der Waals surface area (Å²) in [6.07, 6.45) is -2.21. The molecule has 0 saturated carbocycles. The Bertz CT molecular complexity index is 652. The lowest BCUT2D eigenvalue weighted by molar-refractivity contribution is -0.137. The molecule has 2 N–H and O–H groups in total. The first-order chi connectivity index (χ1) is 12.2. The van der Waals surface area contributed by atoms with Gasteiger partial charge in [0, 0.05) is 24.9 Å². The molecule has 1 aromatic rings. The van der Waals surface area contributed by atoms with Crippen LogP contribution in [0.1, 0.15) is 12.0 Å². The van der Waals surface area contributed by atoms with Gasteiger partial charge in [-0.1, -0.05) is 18.2 Å². The van der Waals surface area contributed by atoms with Crippen molar-refractivity contribution < 1.29 is 32.9 Å². The lowest BCUT2D eigenvalue weighted by Crippen LogP contribution is -2.29. The lowest BCUT2D eigenvalue weighted by Gasteiger charge is -2.20. The van der Waals surface area contributed by atoms with Gasteiger partial charge < -0.3 is 19.7 Å². The fourth-order valence-electron chi connectivity index (χ4n) is 3.54. The number of likely N-dealkylation sites (tertiary alicyclic amines) is 1. The SMILES string of the molecule is CN1CC2OC(O)C[C@@H]2[C@H]1/C=C/C(O)COc1cccc(C(F)(F)F)c1. The van der Waals surface area contributed by atoms with Crippen molar-refractivity contribution in [3.63, 3.8) is 0 Å². The van der Waals surface area contributed by atoms with Crippen LogP contribution in [0.4, 0.5) is 13.2 Å². The monoisotopic (exact) mass is 373 g/mol. The summed E-state index contributed by atoms with van der Waals surface area (Å²) >= 11 is 0. The summed E-state index contributed by atoms with van der Waals surface area (Å²) in [6, 6.07) is 4.58. The number of aliphatic hydroxyl groups excluding tert-OH is 2. The maximum absolute atomic E-state index is 12.7. The lowest BCUT2D eigenvalue weighted by atomic mass is 9.96. The smallest absolute Gasteiger partial charge is 0.416 e. The van der Waals surface area contributed by atoms with Crippen molar-refractivity contribution in [1.29, 1.82) is 0 Å². The molecule has 3 rings (SSSR count). The Balaban J connectivity index is 1.54. The number of hydrogen-bond acceptors (Lipinski definition) is 5. The van der Waals surface area contributed by atoms with Crippen LogP contribution < -0.4 is 4.74 Å². The van der Waals surface area contributed by atoms with E-state index in [0.29, 0.717) is 13.0 Å². The Labute approximate surface area is 149 Å². The van der Waals surface area contributed by atoms with E-state index in [0.717, 1.165) is 12.1 Å². The highest BCUT2D eigenvalue weighted by atomic mass is 19.4. The van der Waals surface area contributed by atoms with E-state index in [1.807, 2.05) is 13.1 Å². The molecule has 2 heterocycles. The quantitative estimate of drug-likeness (QED) is 0.774. The summed E-state index contributed by atoms with van der Waals surface area (Å²) in [5.41, 5.74) is -0.793. The second-order valence-corrected chi connectivity index (χ2v) is 6.75. The summed E-state index contributed by atoms with van der Waals surface area (Å²) in [5, 5.41) is 19.6. The first-order valence-corrected chi connectivity index (χ1v) is 8.44. The molecule has 3 unspecified atom stereocenters. The molecule has 26 heavy (non-hydrogen) atoms. The number of aliphatic hydroxyl groups is 2. The summed E-state index contributed by atoms with van der Waals surface area (Å²) < 4.78 is 48.8. The average Bonchev–Trinajstić information content (AvgIpc) is 3.05. The number of likely N-dealkylation sites (N-methyl/N-ethyl adjacent to an activating group) is 1. The molecule has 8 heteroatoms. The van der Waals surface area contributed by atoms with E-state index in [1.54, 1.807) is 6.08 Å². The van der Waals surface area contributed by atoms with Crippen molar-refractivity contribution in [3.05, 3.63) is 42.0 Å². The number of hydrogen-bond donors (Lipinski definition) is 2. The normalized spacial score (nSPS) is 30.7. The highest BCUT2D eigenvalue weighted by Gasteiger charge is 2.45. The van der Waals surface area contributed by atoms with Crippen LogP contribution in [0.5, 0.6) is 5.75 Å². The van der Waals surface area contributed by atoms with Crippen molar-refractivity contribution in [1.82, 2.24) is 4.90 Å². The molecule has 0 aliphatic carbocycles. The largest absolute Gasteiger partial charge is 0.491 e. The predicted molar refractivity (Wildman–Crippen MR) is 87.5 cm³/mol. The van der Waals surface area contributed by atoms with Gasteiger partial charge in [0.05, 0.1) is 11.7 Å². The van der Waals surface area contributed by atoms with Crippen LogP contribution in [-0.2, 0) is 10.9 Å². The van der Waals surface area contributed by atoms with Crippen molar-refractivity contribution >= 4 is 0 Å². The van der Waals surface area contributed by atoms with Crippen molar-refractivity contribution in [2.45, 2.75) is 37.1 Å². The molecule has 1 aromatic carbocycles. The van der Waals surface area contributed by atoms with E-state index < -0.39 is 24.1 Å². The third-order valence-electron chi connectivity index (χ3n) is 4.81.